The highest BCUT2D eigenvalue weighted by atomic mass is 32.1. The molecule has 0 aliphatic carbocycles. The molecule has 1 aliphatic rings. The van der Waals surface area contributed by atoms with Gasteiger partial charge in [0.15, 0.2) is 5.01 Å². The van der Waals surface area contributed by atoms with Gasteiger partial charge in [-0.1, -0.05) is 13.3 Å². The van der Waals surface area contributed by atoms with E-state index >= 15 is 0 Å². The van der Waals surface area contributed by atoms with Crippen molar-refractivity contribution >= 4 is 11.3 Å². The molecule has 1 aromatic heterocycles. The first-order chi connectivity index (χ1) is 7.98. The summed E-state index contributed by atoms with van der Waals surface area (Å²) in [5, 5.41) is 2.62. The molecule has 0 saturated carbocycles. The van der Waals surface area contributed by atoms with Crippen LogP contribution in [0, 0.1) is 0 Å². The third kappa shape index (κ3) is 2.47. The van der Waals surface area contributed by atoms with Crippen molar-refractivity contribution in [3.05, 3.63) is 16.1 Å². The highest BCUT2D eigenvalue weighted by Gasteiger charge is 2.40. The summed E-state index contributed by atoms with van der Waals surface area (Å²) in [6.07, 6.45) is 0.800. The van der Waals surface area contributed by atoms with E-state index < -0.39 is 11.2 Å². The molecule has 2 nitrogen and oxygen atoms in total. The van der Waals surface area contributed by atoms with Crippen molar-refractivity contribution in [3.63, 3.8) is 0 Å². The Balaban J connectivity index is 2.28. The van der Waals surface area contributed by atoms with Crippen molar-refractivity contribution in [1.82, 2.24) is 10.3 Å². The lowest BCUT2D eigenvalue weighted by Gasteiger charge is -2.27. The van der Waals surface area contributed by atoms with E-state index in [1.54, 1.807) is 0 Å². The second-order valence-corrected chi connectivity index (χ2v) is 5.42. The van der Waals surface area contributed by atoms with Crippen LogP contribution in [-0.4, -0.2) is 11.5 Å². The summed E-state index contributed by atoms with van der Waals surface area (Å²) >= 11 is 0.777. The molecule has 6 heteroatoms. The lowest BCUT2D eigenvalue weighted by atomic mass is 9.91. The van der Waals surface area contributed by atoms with E-state index in [1.165, 1.54) is 6.20 Å². The molecule has 0 bridgehead atoms. The Bertz CT molecular complexity index is 380. The first-order valence-corrected chi connectivity index (χ1v) is 6.58. The molecule has 1 aromatic rings. The largest absolute Gasteiger partial charge is 0.443 e. The van der Waals surface area contributed by atoms with Gasteiger partial charge in [0.2, 0.25) is 0 Å². The summed E-state index contributed by atoms with van der Waals surface area (Å²) in [5.74, 6) is 0. The van der Waals surface area contributed by atoms with Crippen molar-refractivity contribution in [2.75, 3.05) is 6.54 Å². The molecular formula is C11H15F3N2S. The standard InChI is InChI=1S/C11H15F3N2S/c1-2-4-10(5-3-6-16-10)8-7-15-9(17-8)11(12,13)14/h7,16H,2-6H2,1H3. The minimum atomic E-state index is -4.32. The molecule has 2 heterocycles. The molecule has 1 atom stereocenters. The number of alkyl halides is 3. The molecular weight excluding hydrogens is 249 g/mol. The van der Waals surface area contributed by atoms with Gasteiger partial charge < -0.3 is 5.32 Å². The van der Waals surface area contributed by atoms with Gasteiger partial charge in [0.05, 0.1) is 5.54 Å². The number of thiazole rings is 1. The molecule has 0 aromatic carbocycles. The van der Waals surface area contributed by atoms with Gasteiger partial charge in [-0.15, -0.1) is 11.3 Å². The Morgan fingerprint density at radius 2 is 2.29 bits per heavy atom. The molecule has 1 aliphatic heterocycles. The average molecular weight is 264 g/mol. The molecule has 1 unspecified atom stereocenters. The fraction of sp³-hybridized carbons (Fsp3) is 0.727. The predicted molar refractivity (Wildman–Crippen MR) is 60.9 cm³/mol. The zero-order valence-corrected chi connectivity index (χ0v) is 10.4. The summed E-state index contributed by atoms with van der Waals surface area (Å²) in [4.78, 5) is 4.24. The third-order valence-corrected chi connectivity index (χ3v) is 4.39. The molecule has 1 saturated heterocycles. The van der Waals surface area contributed by atoms with Crippen LogP contribution in [0.2, 0.25) is 0 Å². The van der Waals surface area contributed by atoms with Crippen LogP contribution < -0.4 is 5.32 Å². The van der Waals surface area contributed by atoms with Crippen molar-refractivity contribution in [3.8, 4) is 0 Å². The van der Waals surface area contributed by atoms with Crippen LogP contribution >= 0.6 is 11.3 Å². The van der Waals surface area contributed by atoms with Gasteiger partial charge >= 0.3 is 6.18 Å². The normalized spacial score (nSPS) is 25.4. The molecule has 0 radical (unpaired) electrons. The lowest BCUT2D eigenvalue weighted by molar-refractivity contribution is -0.137. The number of nitrogens with one attached hydrogen (secondary N) is 1. The van der Waals surface area contributed by atoms with Gasteiger partial charge in [-0.2, -0.15) is 13.2 Å². The number of hydrogen-bond donors (Lipinski definition) is 1. The lowest BCUT2D eigenvalue weighted by Crippen LogP contribution is -2.35. The Labute approximate surface area is 102 Å². The number of hydrogen-bond acceptors (Lipinski definition) is 3. The number of aromatic nitrogens is 1. The highest BCUT2D eigenvalue weighted by Crippen LogP contribution is 2.41. The van der Waals surface area contributed by atoms with E-state index in [4.69, 9.17) is 0 Å². The van der Waals surface area contributed by atoms with Crippen LogP contribution in [0.4, 0.5) is 13.2 Å². The maximum absolute atomic E-state index is 12.5. The smallest absolute Gasteiger partial charge is 0.307 e. The van der Waals surface area contributed by atoms with Gasteiger partial charge in [0, 0.05) is 11.1 Å². The van der Waals surface area contributed by atoms with Gasteiger partial charge in [-0.05, 0) is 25.8 Å². The number of nitrogens with zero attached hydrogens (tertiary/aromatic N) is 1. The zero-order chi connectivity index (χ0) is 12.5. The quantitative estimate of drug-likeness (QED) is 0.903. The average Bonchev–Trinajstić information content (AvgIpc) is 2.84. The van der Waals surface area contributed by atoms with Gasteiger partial charge in [-0.25, -0.2) is 4.98 Å². The molecule has 1 N–H and O–H groups in total. The summed E-state index contributed by atoms with van der Waals surface area (Å²) < 4.78 is 37.6. The molecule has 2 rings (SSSR count). The van der Waals surface area contributed by atoms with E-state index in [2.05, 4.69) is 10.3 Å². The van der Waals surface area contributed by atoms with E-state index in [1.807, 2.05) is 6.92 Å². The number of rotatable bonds is 3. The van der Waals surface area contributed by atoms with E-state index in [9.17, 15) is 13.2 Å². The molecule has 1 fully saturated rings. The van der Waals surface area contributed by atoms with E-state index in [-0.39, 0.29) is 5.54 Å². The highest BCUT2D eigenvalue weighted by molar-refractivity contribution is 7.11. The molecule has 96 valence electrons. The molecule has 0 amide bonds. The Hall–Kier alpha value is -0.620. The maximum Gasteiger partial charge on any atom is 0.443 e. The maximum atomic E-state index is 12.5. The van der Waals surface area contributed by atoms with Gasteiger partial charge in [0.1, 0.15) is 0 Å². The van der Waals surface area contributed by atoms with Crippen LogP contribution in [0.3, 0.4) is 0 Å². The minimum absolute atomic E-state index is 0.268. The Kier molecular flexibility index (Phi) is 3.45. The molecule has 0 spiro atoms. The Morgan fingerprint density at radius 3 is 2.76 bits per heavy atom. The van der Waals surface area contributed by atoms with E-state index in [0.717, 1.165) is 48.4 Å². The monoisotopic (exact) mass is 264 g/mol. The fourth-order valence-electron chi connectivity index (χ4n) is 2.41. The van der Waals surface area contributed by atoms with Crippen molar-refractivity contribution in [2.45, 2.75) is 44.3 Å². The van der Waals surface area contributed by atoms with Gasteiger partial charge in [0.25, 0.3) is 0 Å². The second kappa shape index (κ2) is 4.57. The topological polar surface area (TPSA) is 24.9 Å². The predicted octanol–water partition coefficient (Wildman–Crippen LogP) is 3.54. The SMILES string of the molecule is CCCC1(c2cnc(C(F)(F)F)s2)CCCN1. The van der Waals surface area contributed by atoms with Gasteiger partial charge in [-0.3, -0.25) is 0 Å². The minimum Gasteiger partial charge on any atom is -0.307 e. The van der Waals surface area contributed by atoms with Crippen molar-refractivity contribution < 1.29 is 13.2 Å². The first kappa shape index (κ1) is 12.8. The zero-order valence-electron chi connectivity index (χ0n) is 9.60. The van der Waals surface area contributed by atoms with Crippen molar-refractivity contribution in [1.29, 1.82) is 0 Å². The van der Waals surface area contributed by atoms with Crippen LogP contribution in [-0.2, 0) is 11.7 Å². The van der Waals surface area contributed by atoms with Crippen molar-refractivity contribution in [2.24, 2.45) is 0 Å². The van der Waals surface area contributed by atoms with Crippen LogP contribution in [0.25, 0.3) is 0 Å². The molecule has 17 heavy (non-hydrogen) atoms. The Morgan fingerprint density at radius 1 is 1.53 bits per heavy atom. The summed E-state index contributed by atoms with van der Waals surface area (Å²) in [6, 6.07) is 0. The second-order valence-electron chi connectivity index (χ2n) is 4.39. The van der Waals surface area contributed by atoms with Crippen LogP contribution in [0.5, 0.6) is 0 Å². The van der Waals surface area contributed by atoms with E-state index in [0.29, 0.717) is 0 Å². The van der Waals surface area contributed by atoms with Crippen LogP contribution in [0.15, 0.2) is 6.20 Å². The van der Waals surface area contributed by atoms with Crippen LogP contribution in [0.1, 0.15) is 42.5 Å². The summed E-state index contributed by atoms with van der Waals surface area (Å²) in [5.41, 5.74) is -0.268. The third-order valence-electron chi connectivity index (χ3n) is 3.14. The first-order valence-electron chi connectivity index (χ1n) is 5.76. The fourth-order valence-corrected chi connectivity index (χ4v) is 3.41. The summed E-state index contributed by atoms with van der Waals surface area (Å²) in [6.45, 7) is 2.92. The summed E-state index contributed by atoms with van der Waals surface area (Å²) in [7, 11) is 0. The number of halogens is 3.